The lowest BCUT2D eigenvalue weighted by Gasteiger charge is -2.20. The number of nitrogens with zero attached hydrogens (tertiary/aromatic N) is 1. The molecule has 1 atom stereocenters. The van der Waals surface area contributed by atoms with Crippen molar-refractivity contribution in [2.24, 2.45) is 0 Å². The fourth-order valence-corrected chi connectivity index (χ4v) is 3.78. The highest BCUT2D eigenvalue weighted by molar-refractivity contribution is 6.05. The van der Waals surface area contributed by atoms with Gasteiger partial charge in [0.15, 0.2) is 0 Å². The molecule has 1 fully saturated rings. The van der Waals surface area contributed by atoms with Crippen molar-refractivity contribution >= 4 is 23.2 Å². The van der Waals surface area contributed by atoms with Crippen LogP contribution in [0.15, 0.2) is 42.5 Å². The molecule has 2 aliphatic rings. The topological polar surface area (TPSA) is 70.7 Å². The van der Waals surface area contributed by atoms with Crippen LogP contribution in [0.5, 0.6) is 0 Å². The van der Waals surface area contributed by atoms with Gasteiger partial charge in [0.25, 0.3) is 5.91 Å². The molecule has 0 saturated carbocycles. The van der Waals surface area contributed by atoms with E-state index in [0.29, 0.717) is 23.8 Å². The summed E-state index contributed by atoms with van der Waals surface area (Å²) in [6.07, 6.45) is 2.98. The molecule has 4 rings (SSSR count). The second kappa shape index (κ2) is 8.12. The van der Waals surface area contributed by atoms with Crippen molar-refractivity contribution in [3.8, 4) is 0 Å². The number of fused-ring (bicyclic) bond motifs is 1. The van der Waals surface area contributed by atoms with Crippen LogP contribution in [-0.2, 0) is 22.5 Å². The smallest absolute Gasteiger partial charge is 0.255 e. The highest BCUT2D eigenvalue weighted by atomic mass is 16.5. The SMILES string of the molecule is CN(Cc1ccc(C(=O)Nc2ccc3c(c2)CC(=O)N3)cc1)CC1CCCO1. The van der Waals surface area contributed by atoms with Gasteiger partial charge in [-0.1, -0.05) is 12.1 Å². The molecule has 0 bridgehead atoms. The molecule has 1 saturated heterocycles. The van der Waals surface area contributed by atoms with Crippen molar-refractivity contribution in [2.75, 3.05) is 30.8 Å². The fourth-order valence-electron chi connectivity index (χ4n) is 3.78. The predicted octanol–water partition coefficient (Wildman–Crippen LogP) is 3.04. The Bertz CT molecular complexity index is 873. The number of ether oxygens (including phenoxy) is 1. The summed E-state index contributed by atoms with van der Waals surface area (Å²) in [6.45, 7) is 2.63. The zero-order valence-electron chi connectivity index (χ0n) is 16.0. The van der Waals surface area contributed by atoms with Crippen molar-refractivity contribution in [3.63, 3.8) is 0 Å². The number of benzene rings is 2. The molecule has 1 unspecified atom stereocenters. The largest absolute Gasteiger partial charge is 0.377 e. The van der Waals surface area contributed by atoms with Crippen LogP contribution in [0.25, 0.3) is 0 Å². The molecule has 2 heterocycles. The summed E-state index contributed by atoms with van der Waals surface area (Å²) < 4.78 is 5.68. The van der Waals surface area contributed by atoms with E-state index in [1.54, 1.807) is 6.07 Å². The van der Waals surface area contributed by atoms with Gasteiger partial charge in [-0.15, -0.1) is 0 Å². The molecule has 2 amide bonds. The minimum atomic E-state index is -0.156. The summed E-state index contributed by atoms with van der Waals surface area (Å²) in [5.41, 5.74) is 4.20. The molecule has 2 aliphatic heterocycles. The zero-order chi connectivity index (χ0) is 19.5. The van der Waals surface area contributed by atoms with Crippen LogP contribution in [0.2, 0.25) is 0 Å². The van der Waals surface area contributed by atoms with E-state index in [9.17, 15) is 9.59 Å². The van der Waals surface area contributed by atoms with E-state index in [4.69, 9.17) is 4.74 Å². The molecule has 0 aliphatic carbocycles. The molecule has 6 nitrogen and oxygen atoms in total. The Morgan fingerprint density at radius 3 is 2.82 bits per heavy atom. The van der Waals surface area contributed by atoms with Gasteiger partial charge in [-0.25, -0.2) is 0 Å². The molecule has 28 heavy (non-hydrogen) atoms. The first-order chi connectivity index (χ1) is 13.6. The van der Waals surface area contributed by atoms with E-state index in [1.165, 1.54) is 5.56 Å². The molecule has 0 radical (unpaired) electrons. The molecule has 6 heteroatoms. The highest BCUT2D eigenvalue weighted by Gasteiger charge is 2.19. The van der Waals surface area contributed by atoms with Gasteiger partial charge in [0.1, 0.15) is 0 Å². The van der Waals surface area contributed by atoms with Crippen molar-refractivity contribution < 1.29 is 14.3 Å². The normalized spacial score (nSPS) is 18.2. The van der Waals surface area contributed by atoms with Gasteiger partial charge in [-0.3, -0.25) is 14.5 Å². The number of carbonyl (C=O) groups excluding carboxylic acids is 2. The average molecular weight is 379 g/mol. The Morgan fingerprint density at radius 1 is 1.25 bits per heavy atom. The molecule has 0 spiro atoms. The number of anilines is 2. The maximum atomic E-state index is 12.5. The van der Waals surface area contributed by atoms with Gasteiger partial charge in [-0.05, 0) is 61.3 Å². The number of carbonyl (C=O) groups is 2. The summed E-state index contributed by atoms with van der Waals surface area (Å²) in [6, 6.07) is 13.2. The fraction of sp³-hybridized carbons (Fsp3) is 0.364. The maximum absolute atomic E-state index is 12.5. The third-order valence-corrected chi connectivity index (χ3v) is 5.20. The lowest BCUT2D eigenvalue weighted by molar-refractivity contribution is -0.115. The molecule has 146 valence electrons. The van der Waals surface area contributed by atoms with Crippen molar-refractivity contribution in [2.45, 2.75) is 31.9 Å². The minimum absolute atomic E-state index is 0.0153. The van der Waals surface area contributed by atoms with E-state index in [2.05, 4.69) is 22.6 Å². The van der Waals surface area contributed by atoms with Gasteiger partial charge >= 0.3 is 0 Å². The molecule has 0 aromatic heterocycles. The standard InChI is InChI=1S/C22H25N3O3/c1-25(14-19-3-2-10-28-19)13-15-4-6-16(7-5-15)22(27)23-18-8-9-20-17(11-18)12-21(26)24-20/h4-9,11,19H,2-3,10,12-14H2,1H3,(H,23,27)(H,24,26). The quantitative estimate of drug-likeness (QED) is 0.809. The van der Waals surface area contributed by atoms with E-state index in [1.807, 2.05) is 36.4 Å². The number of rotatable bonds is 6. The molecule has 2 N–H and O–H groups in total. The van der Waals surface area contributed by atoms with E-state index in [-0.39, 0.29) is 11.8 Å². The van der Waals surface area contributed by atoms with Gasteiger partial charge in [0.2, 0.25) is 5.91 Å². The summed E-state index contributed by atoms with van der Waals surface area (Å²) in [5.74, 6) is -0.171. The maximum Gasteiger partial charge on any atom is 0.255 e. The van der Waals surface area contributed by atoms with Crippen LogP contribution in [0.3, 0.4) is 0 Å². The molecule has 2 aromatic rings. The van der Waals surface area contributed by atoms with Crippen LogP contribution in [0, 0.1) is 0 Å². The second-order valence-corrected chi connectivity index (χ2v) is 7.58. The predicted molar refractivity (Wildman–Crippen MR) is 108 cm³/mol. The van der Waals surface area contributed by atoms with E-state index < -0.39 is 0 Å². The van der Waals surface area contributed by atoms with Crippen molar-refractivity contribution in [3.05, 3.63) is 59.2 Å². The minimum Gasteiger partial charge on any atom is -0.377 e. The third kappa shape index (κ3) is 4.40. The number of likely N-dealkylation sites (N-methyl/N-ethyl adjacent to an activating group) is 1. The lowest BCUT2D eigenvalue weighted by atomic mass is 10.1. The second-order valence-electron chi connectivity index (χ2n) is 7.58. The van der Waals surface area contributed by atoms with Crippen LogP contribution >= 0.6 is 0 Å². The molecular formula is C22H25N3O3. The zero-order valence-corrected chi connectivity index (χ0v) is 16.0. The van der Waals surface area contributed by atoms with E-state index in [0.717, 1.165) is 43.8 Å². The molecule has 2 aromatic carbocycles. The first-order valence-corrected chi connectivity index (χ1v) is 9.70. The summed E-state index contributed by atoms with van der Waals surface area (Å²) in [5, 5.41) is 5.70. The Labute approximate surface area is 164 Å². The Hall–Kier alpha value is -2.70. The van der Waals surface area contributed by atoms with Crippen LogP contribution in [0.4, 0.5) is 11.4 Å². The van der Waals surface area contributed by atoms with E-state index >= 15 is 0 Å². The third-order valence-electron chi connectivity index (χ3n) is 5.20. The number of hydrogen-bond donors (Lipinski definition) is 2. The summed E-state index contributed by atoms with van der Waals surface area (Å²) >= 11 is 0. The first-order valence-electron chi connectivity index (χ1n) is 9.70. The van der Waals surface area contributed by atoms with Crippen LogP contribution in [0.1, 0.15) is 34.3 Å². The van der Waals surface area contributed by atoms with Crippen LogP contribution < -0.4 is 10.6 Å². The van der Waals surface area contributed by atoms with Gasteiger partial charge < -0.3 is 15.4 Å². The number of nitrogens with one attached hydrogen (secondary N) is 2. The Kier molecular flexibility index (Phi) is 5.41. The molecular weight excluding hydrogens is 354 g/mol. The van der Waals surface area contributed by atoms with Crippen molar-refractivity contribution in [1.82, 2.24) is 4.90 Å². The number of hydrogen-bond acceptors (Lipinski definition) is 4. The van der Waals surface area contributed by atoms with Crippen molar-refractivity contribution in [1.29, 1.82) is 0 Å². The van der Waals surface area contributed by atoms with Gasteiger partial charge in [0, 0.05) is 36.6 Å². The summed E-state index contributed by atoms with van der Waals surface area (Å²) in [4.78, 5) is 26.2. The number of amides is 2. The Balaban J connectivity index is 1.33. The lowest BCUT2D eigenvalue weighted by Crippen LogP contribution is -2.28. The average Bonchev–Trinajstić information content (AvgIpc) is 3.30. The van der Waals surface area contributed by atoms with Crippen LogP contribution in [-0.4, -0.2) is 43.0 Å². The highest BCUT2D eigenvalue weighted by Crippen LogP contribution is 2.26. The van der Waals surface area contributed by atoms with Gasteiger partial charge in [0.05, 0.1) is 12.5 Å². The Morgan fingerprint density at radius 2 is 2.07 bits per heavy atom. The first kappa shape index (κ1) is 18.7. The monoisotopic (exact) mass is 379 g/mol. The van der Waals surface area contributed by atoms with Gasteiger partial charge in [-0.2, -0.15) is 0 Å². The summed E-state index contributed by atoms with van der Waals surface area (Å²) in [7, 11) is 2.09.